The molecule has 134 valence electrons. The molecule has 1 saturated carbocycles. The first kappa shape index (κ1) is 16.4. The lowest BCUT2D eigenvalue weighted by Gasteiger charge is -2.26. The maximum Gasteiger partial charge on any atom is 0.274 e. The molecule has 2 amide bonds. The van der Waals surface area contributed by atoms with Gasteiger partial charge in [-0.2, -0.15) is 0 Å². The highest BCUT2D eigenvalue weighted by molar-refractivity contribution is 5.93. The lowest BCUT2D eigenvalue weighted by molar-refractivity contribution is -0.134. The van der Waals surface area contributed by atoms with E-state index in [9.17, 15) is 9.59 Å². The maximum absolute atomic E-state index is 13.0. The Balaban J connectivity index is 1.48. The van der Waals surface area contributed by atoms with Gasteiger partial charge in [-0.3, -0.25) is 14.8 Å². The second-order valence-electron chi connectivity index (χ2n) is 7.27. The fourth-order valence-electron chi connectivity index (χ4n) is 4.14. The lowest BCUT2D eigenvalue weighted by atomic mass is 9.93. The van der Waals surface area contributed by atoms with Gasteiger partial charge in [0.15, 0.2) is 0 Å². The van der Waals surface area contributed by atoms with Gasteiger partial charge in [0, 0.05) is 30.1 Å². The Morgan fingerprint density at radius 1 is 1.40 bits per heavy atom. The summed E-state index contributed by atoms with van der Waals surface area (Å²) < 4.78 is 5.73. The van der Waals surface area contributed by atoms with Crippen molar-refractivity contribution < 1.29 is 19.5 Å². The number of amides is 2. The number of hydrogen-bond acceptors (Lipinski definition) is 5. The van der Waals surface area contributed by atoms with Crippen molar-refractivity contribution in [3.63, 3.8) is 0 Å². The third kappa shape index (κ3) is 2.98. The number of hydrogen-bond donors (Lipinski definition) is 3. The molecular weight excluding hydrogens is 322 g/mol. The van der Waals surface area contributed by atoms with Crippen molar-refractivity contribution in [1.29, 1.82) is 0 Å². The SMILES string of the molecule is O=C(NO)c1ccc2c(c1)OCCN(C(=O)C1CC13CCCNC3)C2. The van der Waals surface area contributed by atoms with Gasteiger partial charge >= 0.3 is 0 Å². The van der Waals surface area contributed by atoms with Crippen molar-refractivity contribution in [2.45, 2.75) is 25.8 Å². The molecule has 2 atom stereocenters. The van der Waals surface area contributed by atoms with Crippen LogP contribution in [0, 0.1) is 11.3 Å². The third-order valence-electron chi connectivity index (χ3n) is 5.72. The number of ether oxygens (including phenoxy) is 1. The number of piperidine rings is 1. The van der Waals surface area contributed by atoms with Gasteiger partial charge in [-0.05, 0) is 43.4 Å². The molecule has 1 aromatic rings. The minimum Gasteiger partial charge on any atom is -0.491 e. The minimum absolute atomic E-state index is 0.126. The zero-order chi connectivity index (χ0) is 17.4. The largest absolute Gasteiger partial charge is 0.491 e. The van der Waals surface area contributed by atoms with Crippen molar-refractivity contribution in [2.24, 2.45) is 11.3 Å². The number of fused-ring (bicyclic) bond motifs is 1. The van der Waals surface area contributed by atoms with E-state index in [1.807, 2.05) is 4.90 Å². The number of carbonyl (C=O) groups excluding carboxylic acids is 2. The lowest BCUT2D eigenvalue weighted by Crippen LogP contribution is -2.38. The van der Waals surface area contributed by atoms with Gasteiger partial charge in [-0.1, -0.05) is 6.07 Å². The predicted octanol–water partition coefficient (Wildman–Crippen LogP) is 0.916. The molecule has 4 rings (SSSR count). The summed E-state index contributed by atoms with van der Waals surface area (Å²) in [5, 5.41) is 12.2. The van der Waals surface area contributed by atoms with Crippen molar-refractivity contribution in [3.8, 4) is 5.75 Å². The maximum atomic E-state index is 13.0. The topological polar surface area (TPSA) is 90.9 Å². The summed E-state index contributed by atoms with van der Waals surface area (Å²) in [6.07, 6.45) is 3.26. The Kier molecular flexibility index (Phi) is 4.13. The van der Waals surface area contributed by atoms with Crippen LogP contribution in [0.2, 0.25) is 0 Å². The molecule has 1 aromatic carbocycles. The molecule has 0 bridgehead atoms. The van der Waals surface area contributed by atoms with Gasteiger partial charge in [-0.25, -0.2) is 5.48 Å². The van der Waals surface area contributed by atoms with Crippen molar-refractivity contribution >= 4 is 11.8 Å². The molecule has 7 nitrogen and oxygen atoms in total. The Morgan fingerprint density at radius 2 is 2.28 bits per heavy atom. The van der Waals surface area contributed by atoms with E-state index in [1.165, 1.54) is 0 Å². The van der Waals surface area contributed by atoms with Crippen molar-refractivity contribution in [2.75, 3.05) is 26.2 Å². The van der Waals surface area contributed by atoms with Crippen molar-refractivity contribution in [3.05, 3.63) is 29.3 Å². The summed E-state index contributed by atoms with van der Waals surface area (Å²) in [6, 6.07) is 5.03. The summed E-state index contributed by atoms with van der Waals surface area (Å²) in [5.41, 5.74) is 3.01. The van der Waals surface area contributed by atoms with Gasteiger partial charge in [0.25, 0.3) is 5.91 Å². The smallest absolute Gasteiger partial charge is 0.274 e. The predicted molar refractivity (Wildman–Crippen MR) is 89.3 cm³/mol. The van der Waals surface area contributed by atoms with Gasteiger partial charge in [-0.15, -0.1) is 0 Å². The second kappa shape index (κ2) is 6.31. The molecule has 2 aliphatic heterocycles. The fourth-order valence-corrected chi connectivity index (χ4v) is 4.14. The molecule has 3 N–H and O–H groups in total. The number of rotatable bonds is 2. The quantitative estimate of drug-likeness (QED) is 0.548. The van der Waals surface area contributed by atoms with Crippen LogP contribution >= 0.6 is 0 Å². The van der Waals surface area contributed by atoms with E-state index in [0.29, 0.717) is 31.0 Å². The molecular formula is C18H23N3O4. The standard InChI is InChI=1S/C18H23N3O4/c22-16(20-24)12-2-3-13-10-21(6-7-25-15(13)8-12)17(23)14-9-18(14)4-1-5-19-11-18/h2-3,8,14,19,24H,1,4-7,9-11H2,(H,20,22). The Morgan fingerprint density at radius 3 is 3.04 bits per heavy atom. The summed E-state index contributed by atoms with van der Waals surface area (Å²) in [5.74, 6) is 0.369. The zero-order valence-electron chi connectivity index (χ0n) is 14.1. The van der Waals surface area contributed by atoms with E-state index in [-0.39, 0.29) is 17.2 Å². The minimum atomic E-state index is -0.576. The summed E-state index contributed by atoms with van der Waals surface area (Å²) >= 11 is 0. The summed E-state index contributed by atoms with van der Waals surface area (Å²) in [6.45, 7) is 3.45. The molecule has 2 heterocycles. The normalized spacial score (nSPS) is 27.9. The zero-order valence-corrected chi connectivity index (χ0v) is 14.1. The van der Waals surface area contributed by atoms with Crippen LogP contribution in [0.3, 0.4) is 0 Å². The highest BCUT2D eigenvalue weighted by Crippen LogP contribution is 2.57. The van der Waals surface area contributed by atoms with Crippen LogP contribution in [0.25, 0.3) is 0 Å². The van der Waals surface area contributed by atoms with Gasteiger partial charge in [0.05, 0.1) is 6.54 Å². The average molecular weight is 345 g/mol. The van der Waals surface area contributed by atoms with E-state index >= 15 is 0 Å². The number of hydroxylamine groups is 1. The van der Waals surface area contributed by atoms with E-state index in [0.717, 1.165) is 37.9 Å². The number of carbonyl (C=O) groups is 2. The van der Waals surface area contributed by atoms with E-state index in [1.54, 1.807) is 23.7 Å². The average Bonchev–Trinajstić information content (AvgIpc) is 3.38. The Hall–Kier alpha value is -2.12. The van der Waals surface area contributed by atoms with E-state index in [2.05, 4.69) is 5.32 Å². The fraction of sp³-hybridized carbons (Fsp3) is 0.556. The van der Waals surface area contributed by atoms with Gasteiger partial charge < -0.3 is 15.0 Å². The van der Waals surface area contributed by atoms with Gasteiger partial charge in [0.2, 0.25) is 5.91 Å². The highest BCUT2D eigenvalue weighted by atomic mass is 16.5. The molecule has 0 radical (unpaired) electrons. The van der Waals surface area contributed by atoms with Crippen LogP contribution in [0.1, 0.15) is 35.2 Å². The molecule has 25 heavy (non-hydrogen) atoms. The highest BCUT2D eigenvalue weighted by Gasteiger charge is 2.58. The third-order valence-corrected chi connectivity index (χ3v) is 5.72. The van der Waals surface area contributed by atoms with Crippen molar-refractivity contribution in [1.82, 2.24) is 15.7 Å². The molecule has 1 spiro atoms. The summed E-state index contributed by atoms with van der Waals surface area (Å²) in [4.78, 5) is 26.4. The van der Waals surface area contributed by atoms with Crippen LogP contribution in [0.15, 0.2) is 18.2 Å². The summed E-state index contributed by atoms with van der Waals surface area (Å²) in [7, 11) is 0. The molecule has 2 fully saturated rings. The molecule has 1 saturated heterocycles. The Labute approximate surface area is 146 Å². The molecule has 3 aliphatic rings. The van der Waals surface area contributed by atoms with E-state index < -0.39 is 5.91 Å². The van der Waals surface area contributed by atoms with Crippen LogP contribution < -0.4 is 15.5 Å². The number of nitrogens with zero attached hydrogens (tertiary/aromatic N) is 1. The number of benzene rings is 1. The molecule has 7 heteroatoms. The molecule has 2 unspecified atom stereocenters. The van der Waals surface area contributed by atoms with Crippen LogP contribution in [-0.4, -0.2) is 48.2 Å². The van der Waals surface area contributed by atoms with Crippen LogP contribution in [0.4, 0.5) is 0 Å². The molecule has 0 aromatic heterocycles. The number of nitrogens with one attached hydrogen (secondary N) is 2. The van der Waals surface area contributed by atoms with Gasteiger partial charge in [0.1, 0.15) is 12.4 Å². The van der Waals surface area contributed by atoms with Crippen LogP contribution in [0.5, 0.6) is 5.75 Å². The van der Waals surface area contributed by atoms with Crippen LogP contribution in [-0.2, 0) is 11.3 Å². The molecule has 1 aliphatic carbocycles. The first-order valence-corrected chi connectivity index (χ1v) is 8.83. The van der Waals surface area contributed by atoms with E-state index in [4.69, 9.17) is 9.94 Å². The monoisotopic (exact) mass is 345 g/mol. The Bertz CT molecular complexity index is 700. The first-order valence-electron chi connectivity index (χ1n) is 8.83. The second-order valence-corrected chi connectivity index (χ2v) is 7.27. The first-order chi connectivity index (χ1) is 12.1.